The van der Waals surface area contributed by atoms with Crippen LogP contribution in [0.15, 0.2) is 0 Å². The molecule has 3 aliphatic rings. The van der Waals surface area contributed by atoms with Gasteiger partial charge < -0.3 is 15.4 Å². The molecule has 0 aromatic rings. The van der Waals surface area contributed by atoms with Crippen molar-refractivity contribution in [2.24, 2.45) is 5.92 Å². The van der Waals surface area contributed by atoms with E-state index in [0.717, 1.165) is 51.6 Å². The highest BCUT2D eigenvalue weighted by molar-refractivity contribution is 5.83. The third-order valence-corrected chi connectivity index (χ3v) is 5.48. The highest BCUT2D eigenvalue weighted by atomic mass is 16.6. The number of fused-ring (bicyclic) bond motifs is 2. The van der Waals surface area contributed by atoms with E-state index in [1.54, 1.807) is 0 Å². The summed E-state index contributed by atoms with van der Waals surface area (Å²) in [5.74, 6) is 0.670. The molecule has 24 heavy (non-hydrogen) atoms. The van der Waals surface area contributed by atoms with Gasteiger partial charge in [0.25, 0.3) is 0 Å². The Morgan fingerprint density at radius 2 is 1.54 bits per heavy atom. The molecule has 2 aliphatic heterocycles. The Kier molecular flexibility index (Phi) is 5.04. The van der Waals surface area contributed by atoms with Gasteiger partial charge in [0.1, 0.15) is 5.60 Å². The summed E-state index contributed by atoms with van der Waals surface area (Å²) in [6.07, 6.45) is 5.87. The maximum atomic E-state index is 12.7. The number of amides is 2. The molecule has 2 amide bonds. The number of rotatable bonds is 3. The lowest BCUT2D eigenvalue weighted by atomic mass is 9.89. The zero-order valence-electron chi connectivity index (χ0n) is 15.1. The molecule has 2 heterocycles. The lowest BCUT2D eigenvalue weighted by Gasteiger charge is -2.34. The van der Waals surface area contributed by atoms with Gasteiger partial charge in [-0.05, 0) is 65.5 Å². The minimum Gasteiger partial charge on any atom is -0.444 e. The number of carbonyl (C=O) groups is 2. The van der Waals surface area contributed by atoms with Gasteiger partial charge in [0.05, 0.1) is 12.1 Å². The normalized spacial score (nSPS) is 35.5. The Morgan fingerprint density at radius 1 is 0.958 bits per heavy atom. The molecule has 6 nitrogen and oxygen atoms in total. The van der Waals surface area contributed by atoms with Crippen molar-refractivity contribution in [2.75, 3.05) is 13.1 Å². The molecule has 2 N–H and O–H groups in total. The number of nitrogens with zero attached hydrogens (tertiary/aromatic N) is 1. The van der Waals surface area contributed by atoms with E-state index in [1.807, 2.05) is 20.8 Å². The number of piperidine rings is 1. The van der Waals surface area contributed by atoms with Gasteiger partial charge in [-0.25, -0.2) is 4.79 Å². The Labute approximate surface area is 144 Å². The lowest BCUT2D eigenvalue weighted by Crippen LogP contribution is -2.56. The molecule has 136 valence electrons. The minimum absolute atomic E-state index is 0.0139. The zero-order valence-corrected chi connectivity index (χ0v) is 15.1. The number of nitrogens with one attached hydrogen (secondary N) is 2. The van der Waals surface area contributed by atoms with E-state index in [9.17, 15) is 9.59 Å². The first kappa shape index (κ1) is 17.5. The highest BCUT2D eigenvalue weighted by Gasteiger charge is 2.44. The van der Waals surface area contributed by atoms with Crippen LogP contribution in [0.5, 0.6) is 0 Å². The predicted molar refractivity (Wildman–Crippen MR) is 91.6 cm³/mol. The molecule has 3 rings (SSSR count). The van der Waals surface area contributed by atoms with E-state index in [2.05, 4.69) is 15.5 Å². The Morgan fingerprint density at radius 3 is 2.04 bits per heavy atom. The Hall–Kier alpha value is -1.30. The molecule has 3 fully saturated rings. The molecule has 0 aromatic heterocycles. The van der Waals surface area contributed by atoms with Gasteiger partial charge in [-0.2, -0.15) is 0 Å². The van der Waals surface area contributed by atoms with Crippen LogP contribution in [0, 0.1) is 5.92 Å². The lowest BCUT2D eigenvalue weighted by molar-refractivity contribution is -0.126. The molecular weight excluding hydrogens is 306 g/mol. The maximum Gasteiger partial charge on any atom is 0.407 e. The summed E-state index contributed by atoms with van der Waals surface area (Å²) in [7, 11) is 0. The Balaban J connectivity index is 1.56. The Bertz CT molecular complexity index is 468. The number of carbonyl (C=O) groups excluding carboxylic acids is 2. The highest BCUT2D eigenvalue weighted by Crippen LogP contribution is 2.34. The summed E-state index contributed by atoms with van der Waals surface area (Å²) >= 11 is 0. The quantitative estimate of drug-likeness (QED) is 0.827. The molecular formula is C18H31N3O3. The van der Waals surface area contributed by atoms with Crippen molar-refractivity contribution in [3.8, 4) is 0 Å². The van der Waals surface area contributed by atoms with Crippen molar-refractivity contribution >= 4 is 12.0 Å². The van der Waals surface area contributed by atoms with Crippen LogP contribution in [-0.4, -0.2) is 53.7 Å². The fourth-order valence-electron chi connectivity index (χ4n) is 4.39. The summed E-state index contributed by atoms with van der Waals surface area (Å²) in [6.45, 7) is 7.67. The van der Waals surface area contributed by atoms with Crippen molar-refractivity contribution < 1.29 is 14.3 Å². The summed E-state index contributed by atoms with van der Waals surface area (Å²) in [5.41, 5.74) is -0.506. The average Bonchev–Trinajstić information content (AvgIpc) is 3.07. The van der Waals surface area contributed by atoms with E-state index in [0.29, 0.717) is 5.92 Å². The maximum absolute atomic E-state index is 12.7. The minimum atomic E-state index is -0.506. The molecule has 2 bridgehead atoms. The third-order valence-electron chi connectivity index (χ3n) is 5.48. The second kappa shape index (κ2) is 6.90. The fourth-order valence-corrected chi connectivity index (χ4v) is 4.39. The van der Waals surface area contributed by atoms with E-state index in [1.165, 1.54) is 0 Å². The summed E-state index contributed by atoms with van der Waals surface area (Å²) in [6, 6.07) is 0.0284. The topological polar surface area (TPSA) is 70.7 Å². The SMILES string of the molecule is CC(C)(C)OC(=O)N[C@@H]1CCCC[C@H]1NC(=O)C1C2CCN1CC2. The van der Waals surface area contributed by atoms with Crippen molar-refractivity contribution in [3.05, 3.63) is 0 Å². The number of hydrogen-bond donors (Lipinski definition) is 2. The van der Waals surface area contributed by atoms with Gasteiger partial charge in [-0.1, -0.05) is 12.8 Å². The monoisotopic (exact) mass is 337 g/mol. The largest absolute Gasteiger partial charge is 0.444 e. The third kappa shape index (κ3) is 4.02. The fraction of sp³-hybridized carbons (Fsp3) is 0.889. The van der Waals surface area contributed by atoms with Crippen LogP contribution < -0.4 is 10.6 Å². The molecule has 6 heteroatoms. The second-order valence-electron chi connectivity index (χ2n) is 8.47. The van der Waals surface area contributed by atoms with E-state index in [4.69, 9.17) is 4.74 Å². The number of alkyl carbamates (subject to hydrolysis) is 1. The van der Waals surface area contributed by atoms with Crippen LogP contribution in [0.3, 0.4) is 0 Å². The van der Waals surface area contributed by atoms with Crippen LogP contribution in [0.2, 0.25) is 0 Å². The van der Waals surface area contributed by atoms with Gasteiger partial charge in [0.15, 0.2) is 0 Å². The second-order valence-corrected chi connectivity index (χ2v) is 8.47. The predicted octanol–water partition coefficient (Wildman–Crippen LogP) is 2.03. The van der Waals surface area contributed by atoms with Gasteiger partial charge >= 0.3 is 6.09 Å². The van der Waals surface area contributed by atoms with E-state index in [-0.39, 0.29) is 24.0 Å². The first-order valence-electron chi connectivity index (χ1n) is 9.37. The molecule has 0 aromatic carbocycles. The summed E-state index contributed by atoms with van der Waals surface area (Å²) in [5, 5.41) is 6.20. The van der Waals surface area contributed by atoms with Crippen LogP contribution in [-0.2, 0) is 9.53 Å². The molecule has 1 unspecified atom stereocenters. The molecule has 1 aliphatic carbocycles. The van der Waals surface area contributed by atoms with E-state index >= 15 is 0 Å². The van der Waals surface area contributed by atoms with Crippen LogP contribution >= 0.6 is 0 Å². The first-order chi connectivity index (χ1) is 11.3. The van der Waals surface area contributed by atoms with Crippen molar-refractivity contribution in [2.45, 2.75) is 83.0 Å². The van der Waals surface area contributed by atoms with Crippen LogP contribution in [0.1, 0.15) is 59.3 Å². The van der Waals surface area contributed by atoms with Crippen molar-refractivity contribution in [3.63, 3.8) is 0 Å². The van der Waals surface area contributed by atoms with E-state index < -0.39 is 11.7 Å². The number of hydrogen-bond acceptors (Lipinski definition) is 4. The molecule has 2 saturated heterocycles. The summed E-state index contributed by atoms with van der Waals surface area (Å²) in [4.78, 5) is 27.1. The van der Waals surface area contributed by atoms with Gasteiger partial charge in [-0.15, -0.1) is 0 Å². The van der Waals surface area contributed by atoms with Crippen molar-refractivity contribution in [1.29, 1.82) is 0 Å². The smallest absolute Gasteiger partial charge is 0.407 e. The molecule has 0 radical (unpaired) electrons. The summed E-state index contributed by atoms with van der Waals surface area (Å²) < 4.78 is 5.37. The van der Waals surface area contributed by atoms with Crippen LogP contribution in [0.25, 0.3) is 0 Å². The first-order valence-corrected chi connectivity index (χ1v) is 9.37. The van der Waals surface area contributed by atoms with Crippen molar-refractivity contribution in [1.82, 2.24) is 15.5 Å². The van der Waals surface area contributed by atoms with Gasteiger partial charge in [-0.3, -0.25) is 9.69 Å². The van der Waals surface area contributed by atoms with Gasteiger partial charge in [0.2, 0.25) is 5.91 Å². The average molecular weight is 337 g/mol. The molecule has 1 saturated carbocycles. The molecule has 0 spiro atoms. The molecule has 3 atom stereocenters. The zero-order chi connectivity index (χ0) is 17.3. The van der Waals surface area contributed by atoms with Gasteiger partial charge in [0, 0.05) is 6.04 Å². The standard InChI is InChI=1S/C18H31N3O3/c1-18(2,3)24-17(23)20-14-7-5-4-6-13(14)19-16(22)15-12-8-10-21(15)11-9-12/h12-15H,4-11H2,1-3H3,(H,19,22)(H,20,23)/t13-,14-,15?/m1/s1. The number of ether oxygens (including phenoxy) is 1. The van der Waals surface area contributed by atoms with Crippen LogP contribution in [0.4, 0.5) is 4.79 Å².